The summed E-state index contributed by atoms with van der Waals surface area (Å²) in [7, 11) is 0. The molecule has 6 nitrogen and oxygen atoms in total. The molecule has 0 bridgehead atoms. The molecular weight excluding hydrogens is 344 g/mol. The van der Waals surface area contributed by atoms with Gasteiger partial charge in [0.15, 0.2) is 0 Å². The van der Waals surface area contributed by atoms with E-state index in [1.807, 2.05) is 46.8 Å². The number of nitrogens with one attached hydrogen (secondary N) is 1. The second kappa shape index (κ2) is 9.44. The topological polar surface area (TPSA) is 67.9 Å². The van der Waals surface area contributed by atoms with Crippen LogP contribution in [0.4, 0.5) is 0 Å². The molecule has 0 saturated carbocycles. The van der Waals surface area contributed by atoms with Gasteiger partial charge in [0.1, 0.15) is 17.6 Å². The first-order chi connectivity index (χ1) is 12.8. The van der Waals surface area contributed by atoms with Crippen LogP contribution in [0.2, 0.25) is 0 Å². The van der Waals surface area contributed by atoms with E-state index in [-0.39, 0.29) is 30.5 Å². The van der Waals surface area contributed by atoms with Crippen LogP contribution in [0.3, 0.4) is 0 Å². The van der Waals surface area contributed by atoms with E-state index < -0.39 is 0 Å². The van der Waals surface area contributed by atoms with Gasteiger partial charge in [-0.2, -0.15) is 0 Å². The summed E-state index contributed by atoms with van der Waals surface area (Å²) in [4.78, 5) is 25.9. The average molecular weight is 374 g/mol. The van der Waals surface area contributed by atoms with Gasteiger partial charge in [-0.1, -0.05) is 0 Å². The Labute approximate surface area is 161 Å². The van der Waals surface area contributed by atoms with Crippen molar-refractivity contribution in [1.82, 2.24) is 10.2 Å². The van der Waals surface area contributed by atoms with Gasteiger partial charge in [0, 0.05) is 36.2 Å². The van der Waals surface area contributed by atoms with Gasteiger partial charge in [0.2, 0.25) is 11.8 Å². The minimum atomic E-state index is -0.214. The highest BCUT2D eigenvalue weighted by Crippen LogP contribution is 2.35. The Kier molecular flexibility index (Phi) is 7.28. The number of benzene rings is 1. The van der Waals surface area contributed by atoms with Crippen molar-refractivity contribution in [2.45, 2.75) is 53.2 Å². The summed E-state index contributed by atoms with van der Waals surface area (Å²) in [5.74, 6) is 1.19. The van der Waals surface area contributed by atoms with Gasteiger partial charge in [0.25, 0.3) is 0 Å². The molecule has 1 unspecified atom stereocenters. The van der Waals surface area contributed by atoms with Gasteiger partial charge in [-0.25, -0.2) is 0 Å². The number of hydrogen-bond donors (Lipinski definition) is 1. The zero-order valence-corrected chi connectivity index (χ0v) is 16.9. The summed E-state index contributed by atoms with van der Waals surface area (Å²) in [5.41, 5.74) is 1.91. The van der Waals surface area contributed by atoms with Gasteiger partial charge in [-0.05, 0) is 52.8 Å². The summed E-state index contributed by atoms with van der Waals surface area (Å²) >= 11 is 0. The lowest BCUT2D eigenvalue weighted by Gasteiger charge is -2.19. The number of amides is 2. The molecule has 1 heterocycles. The van der Waals surface area contributed by atoms with Crippen molar-refractivity contribution in [2.24, 2.45) is 0 Å². The third-order valence-corrected chi connectivity index (χ3v) is 4.21. The second-order valence-electron chi connectivity index (χ2n) is 6.97. The average Bonchev–Trinajstić information content (AvgIpc) is 2.95. The fraction of sp³-hybridized carbons (Fsp3) is 0.524. The van der Waals surface area contributed by atoms with E-state index in [0.29, 0.717) is 13.2 Å². The highest BCUT2D eigenvalue weighted by atomic mass is 16.5. The smallest absolute Gasteiger partial charge is 0.247 e. The maximum atomic E-state index is 12.5. The summed E-state index contributed by atoms with van der Waals surface area (Å²) < 4.78 is 11.5. The van der Waals surface area contributed by atoms with Crippen LogP contribution in [-0.4, -0.2) is 48.6 Å². The lowest BCUT2D eigenvalue weighted by atomic mass is 10.1. The highest BCUT2D eigenvalue weighted by Gasteiger charge is 2.21. The molecule has 27 heavy (non-hydrogen) atoms. The molecule has 0 saturated heterocycles. The van der Waals surface area contributed by atoms with Gasteiger partial charge < -0.3 is 19.7 Å². The number of carbonyl (C=O) groups excluding carboxylic acids is 2. The molecule has 0 aliphatic carbocycles. The minimum Gasteiger partial charge on any atom is -0.493 e. The number of hydrogen-bond acceptors (Lipinski definition) is 4. The van der Waals surface area contributed by atoms with Crippen LogP contribution < -0.4 is 14.8 Å². The lowest BCUT2D eigenvalue weighted by Crippen LogP contribution is -2.42. The molecule has 0 aromatic heterocycles. The Bertz CT molecular complexity index is 712. The zero-order valence-electron chi connectivity index (χ0n) is 16.9. The maximum Gasteiger partial charge on any atom is 0.247 e. The van der Waals surface area contributed by atoms with E-state index in [0.717, 1.165) is 29.0 Å². The fourth-order valence-electron chi connectivity index (χ4n) is 3.02. The first-order valence-corrected chi connectivity index (χ1v) is 9.56. The molecule has 0 radical (unpaired) electrons. The normalized spacial score (nSPS) is 15.6. The second-order valence-corrected chi connectivity index (χ2v) is 6.97. The maximum absolute atomic E-state index is 12.5. The number of carbonyl (C=O) groups is 2. The summed E-state index contributed by atoms with van der Waals surface area (Å²) in [6.45, 7) is 10.6. The molecule has 1 atom stereocenters. The van der Waals surface area contributed by atoms with Crippen molar-refractivity contribution in [1.29, 1.82) is 0 Å². The number of ether oxygens (including phenoxy) is 2. The molecule has 1 aromatic carbocycles. The van der Waals surface area contributed by atoms with E-state index in [1.54, 1.807) is 6.08 Å². The van der Waals surface area contributed by atoms with Crippen LogP contribution in [-0.2, 0) is 16.0 Å². The number of fused-ring (bicyclic) bond motifs is 1. The van der Waals surface area contributed by atoms with Crippen molar-refractivity contribution >= 4 is 17.9 Å². The van der Waals surface area contributed by atoms with Crippen LogP contribution in [0.5, 0.6) is 11.5 Å². The Morgan fingerprint density at radius 2 is 2.11 bits per heavy atom. The molecule has 2 rings (SSSR count). The summed E-state index contributed by atoms with van der Waals surface area (Å²) in [5, 5.41) is 2.80. The largest absolute Gasteiger partial charge is 0.493 e. The Balaban J connectivity index is 2.14. The quantitative estimate of drug-likeness (QED) is 0.711. The third-order valence-electron chi connectivity index (χ3n) is 4.21. The molecule has 0 fully saturated rings. The van der Waals surface area contributed by atoms with Crippen molar-refractivity contribution in [3.05, 3.63) is 29.3 Å². The zero-order chi connectivity index (χ0) is 20.0. The predicted octanol–water partition coefficient (Wildman–Crippen LogP) is 2.80. The molecule has 1 aliphatic rings. The van der Waals surface area contributed by atoms with Crippen molar-refractivity contribution < 1.29 is 19.1 Å². The van der Waals surface area contributed by atoms with E-state index >= 15 is 0 Å². The Morgan fingerprint density at radius 1 is 1.37 bits per heavy atom. The van der Waals surface area contributed by atoms with E-state index in [2.05, 4.69) is 5.32 Å². The number of likely N-dealkylation sites (N-methyl/N-ethyl adjacent to an activating group) is 1. The van der Waals surface area contributed by atoms with Gasteiger partial charge >= 0.3 is 0 Å². The van der Waals surface area contributed by atoms with E-state index in [1.165, 1.54) is 11.0 Å². The summed E-state index contributed by atoms with van der Waals surface area (Å²) in [6.07, 6.45) is 4.20. The van der Waals surface area contributed by atoms with E-state index in [4.69, 9.17) is 9.47 Å². The standard InChI is InChI=1S/C21H30N2O4/c1-6-23(13-20(24)22-14(3)4)21(25)9-8-16-11-19-17(10-15(5)27-19)12-18(16)26-7-2/h8-9,11-12,14-15H,6-7,10,13H2,1-5H3,(H,22,24). The number of nitrogens with zero attached hydrogens (tertiary/aromatic N) is 1. The third kappa shape index (κ3) is 5.74. The van der Waals surface area contributed by atoms with Crippen molar-refractivity contribution in [3.63, 3.8) is 0 Å². The SMILES string of the molecule is CCOc1cc2c(cc1C=CC(=O)N(CC)CC(=O)NC(C)C)OC(C)C2. The van der Waals surface area contributed by atoms with Crippen molar-refractivity contribution in [3.8, 4) is 11.5 Å². The van der Waals surface area contributed by atoms with Crippen molar-refractivity contribution in [2.75, 3.05) is 19.7 Å². The monoisotopic (exact) mass is 374 g/mol. The molecule has 1 aliphatic heterocycles. The van der Waals surface area contributed by atoms with Crippen LogP contribution in [0.1, 0.15) is 45.7 Å². The first-order valence-electron chi connectivity index (χ1n) is 9.56. The van der Waals surface area contributed by atoms with E-state index in [9.17, 15) is 9.59 Å². The molecular formula is C21H30N2O4. The predicted molar refractivity (Wildman–Crippen MR) is 106 cm³/mol. The molecule has 1 N–H and O–H groups in total. The van der Waals surface area contributed by atoms with Gasteiger partial charge in [-0.15, -0.1) is 0 Å². The van der Waals surface area contributed by atoms with Gasteiger partial charge in [0.05, 0.1) is 13.2 Å². The van der Waals surface area contributed by atoms with Crippen LogP contribution in [0.25, 0.3) is 6.08 Å². The Morgan fingerprint density at radius 3 is 2.74 bits per heavy atom. The van der Waals surface area contributed by atoms with Crippen LogP contribution >= 0.6 is 0 Å². The lowest BCUT2D eigenvalue weighted by molar-refractivity contribution is -0.132. The molecule has 148 valence electrons. The number of rotatable bonds is 8. The molecule has 0 spiro atoms. The molecule has 6 heteroatoms. The van der Waals surface area contributed by atoms with Gasteiger partial charge in [-0.3, -0.25) is 9.59 Å². The van der Waals surface area contributed by atoms with Crippen LogP contribution in [0, 0.1) is 0 Å². The fourth-order valence-corrected chi connectivity index (χ4v) is 3.02. The summed E-state index contributed by atoms with van der Waals surface area (Å²) in [6, 6.07) is 3.94. The van der Waals surface area contributed by atoms with Crippen LogP contribution in [0.15, 0.2) is 18.2 Å². The minimum absolute atomic E-state index is 0.0426. The highest BCUT2D eigenvalue weighted by molar-refractivity contribution is 5.94. The first kappa shape index (κ1) is 20.8. The Hall–Kier alpha value is -2.50. The molecule has 1 aromatic rings. The molecule has 2 amide bonds.